The molecule has 2 atom stereocenters. The van der Waals surface area contributed by atoms with Crippen LogP contribution in [0.25, 0.3) is 0 Å². The molecule has 0 saturated carbocycles. The van der Waals surface area contributed by atoms with Gasteiger partial charge in [0.15, 0.2) is 5.96 Å². The first-order chi connectivity index (χ1) is 13.9. The van der Waals surface area contributed by atoms with Crippen LogP contribution in [0.15, 0.2) is 29.3 Å². The van der Waals surface area contributed by atoms with E-state index in [-0.39, 0.29) is 30.0 Å². The minimum absolute atomic E-state index is 0. The summed E-state index contributed by atoms with van der Waals surface area (Å²) in [6, 6.07) is 5.96. The molecule has 30 heavy (non-hydrogen) atoms. The molecule has 0 bridgehead atoms. The fourth-order valence-electron chi connectivity index (χ4n) is 3.71. The highest BCUT2D eigenvalue weighted by molar-refractivity contribution is 14.0. The third-order valence-electron chi connectivity index (χ3n) is 5.21. The molecule has 2 aromatic rings. The third-order valence-corrected chi connectivity index (χ3v) is 5.21. The smallest absolute Gasteiger partial charge is 0.191 e. The van der Waals surface area contributed by atoms with Gasteiger partial charge in [-0.3, -0.25) is 9.67 Å². The number of aliphatic imine (C=N–C) groups is 1. The molecule has 1 fully saturated rings. The monoisotopic (exact) mass is 532 g/mol. The van der Waals surface area contributed by atoms with Crippen molar-refractivity contribution in [3.63, 3.8) is 0 Å². The number of guanidine groups is 1. The SMILES string of the molecule is CN=C(NCC(C)Cn1nc(C)cc1C)NC1CCN(c2ccc(F)cc2F)C1.I. The molecule has 6 nitrogen and oxygen atoms in total. The van der Waals surface area contributed by atoms with E-state index in [1.54, 1.807) is 7.05 Å². The summed E-state index contributed by atoms with van der Waals surface area (Å²) in [7, 11) is 1.74. The first-order valence-electron chi connectivity index (χ1n) is 10.0. The molecular weight excluding hydrogens is 501 g/mol. The van der Waals surface area contributed by atoms with E-state index in [9.17, 15) is 8.78 Å². The number of anilines is 1. The van der Waals surface area contributed by atoms with Crippen LogP contribution in [0.2, 0.25) is 0 Å². The van der Waals surface area contributed by atoms with Crippen LogP contribution in [0, 0.1) is 31.4 Å². The molecule has 166 valence electrons. The van der Waals surface area contributed by atoms with Gasteiger partial charge in [0.1, 0.15) is 11.6 Å². The van der Waals surface area contributed by atoms with Crippen LogP contribution in [0.5, 0.6) is 0 Å². The van der Waals surface area contributed by atoms with Gasteiger partial charge in [0.25, 0.3) is 0 Å². The zero-order valence-electron chi connectivity index (χ0n) is 18.0. The van der Waals surface area contributed by atoms with E-state index in [2.05, 4.69) is 40.6 Å². The average Bonchev–Trinajstić information content (AvgIpc) is 3.24. The van der Waals surface area contributed by atoms with Gasteiger partial charge in [-0.2, -0.15) is 5.10 Å². The molecule has 1 aliphatic heterocycles. The van der Waals surface area contributed by atoms with Crippen LogP contribution in [-0.4, -0.2) is 48.5 Å². The van der Waals surface area contributed by atoms with Gasteiger partial charge in [-0.1, -0.05) is 6.92 Å². The molecule has 2 heterocycles. The van der Waals surface area contributed by atoms with Gasteiger partial charge in [-0.05, 0) is 44.4 Å². The van der Waals surface area contributed by atoms with Crippen LogP contribution in [0.3, 0.4) is 0 Å². The first-order valence-corrected chi connectivity index (χ1v) is 10.0. The van der Waals surface area contributed by atoms with Gasteiger partial charge in [-0.15, -0.1) is 24.0 Å². The number of hydrogen-bond donors (Lipinski definition) is 2. The Morgan fingerprint density at radius 2 is 2.07 bits per heavy atom. The van der Waals surface area contributed by atoms with Gasteiger partial charge < -0.3 is 15.5 Å². The molecule has 9 heteroatoms. The summed E-state index contributed by atoms with van der Waals surface area (Å²) in [5, 5.41) is 11.3. The second kappa shape index (κ2) is 10.9. The molecule has 0 aliphatic carbocycles. The predicted molar refractivity (Wildman–Crippen MR) is 128 cm³/mol. The topological polar surface area (TPSA) is 57.5 Å². The van der Waals surface area contributed by atoms with E-state index in [4.69, 9.17) is 0 Å². The van der Waals surface area contributed by atoms with Crippen molar-refractivity contribution in [1.82, 2.24) is 20.4 Å². The Balaban J connectivity index is 0.00000320. The largest absolute Gasteiger partial charge is 0.367 e. The van der Waals surface area contributed by atoms with Crippen molar-refractivity contribution in [2.45, 2.75) is 39.8 Å². The highest BCUT2D eigenvalue weighted by atomic mass is 127. The lowest BCUT2D eigenvalue weighted by Gasteiger charge is -2.22. The van der Waals surface area contributed by atoms with Crippen molar-refractivity contribution < 1.29 is 8.78 Å². The minimum Gasteiger partial charge on any atom is -0.367 e. The fraction of sp³-hybridized carbons (Fsp3) is 0.524. The Morgan fingerprint density at radius 3 is 2.70 bits per heavy atom. The Hall–Kier alpha value is -1.91. The molecule has 1 aromatic heterocycles. The molecule has 1 saturated heterocycles. The van der Waals surface area contributed by atoms with Gasteiger partial charge >= 0.3 is 0 Å². The quantitative estimate of drug-likeness (QED) is 0.340. The molecule has 2 N–H and O–H groups in total. The summed E-state index contributed by atoms with van der Waals surface area (Å²) in [5.41, 5.74) is 2.64. The van der Waals surface area contributed by atoms with Crippen LogP contribution in [0.1, 0.15) is 24.7 Å². The lowest BCUT2D eigenvalue weighted by Crippen LogP contribution is -2.46. The molecule has 1 aliphatic rings. The van der Waals surface area contributed by atoms with Crippen LogP contribution < -0.4 is 15.5 Å². The number of hydrogen-bond acceptors (Lipinski definition) is 3. The van der Waals surface area contributed by atoms with Gasteiger partial charge in [0, 0.05) is 51.0 Å². The molecule has 2 unspecified atom stereocenters. The van der Waals surface area contributed by atoms with E-state index in [0.29, 0.717) is 24.7 Å². The van der Waals surface area contributed by atoms with Crippen LogP contribution >= 0.6 is 24.0 Å². The van der Waals surface area contributed by atoms with E-state index in [1.165, 1.54) is 12.1 Å². The van der Waals surface area contributed by atoms with Crippen molar-refractivity contribution in [3.05, 3.63) is 47.3 Å². The zero-order chi connectivity index (χ0) is 21.0. The zero-order valence-corrected chi connectivity index (χ0v) is 20.3. The van der Waals surface area contributed by atoms with E-state index >= 15 is 0 Å². The maximum absolute atomic E-state index is 14.0. The lowest BCUT2D eigenvalue weighted by atomic mass is 10.2. The summed E-state index contributed by atoms with van der Waals surface area (Å²) in [5.74, 6) is 0.0297. The van der Waals surface area contributed by atoms with Gasteiger partial charge in [0.05, 0.1) is 11.4 Å². The number of halogens is 3. The molecule has 0 spiro atoms. The second-order valence-corrected chi connectivity index (χ2v) is 7.84. The summed E-state index contributed by atoms with van der Waals surface area (Å²) in [6.07, 6.45) is 0.860. The molecule has 3 rings (SSSR count). The Bertz CT molecular complexity index is 869. The predicted octanol–water partition coefficient (Wildman–Crippen LogP) is 3.48. The van der Waals surface area contributed by atoms with Gasteiger partial charge in [0.2, 0.25) is 0 Å². The molecular formula is C21H31F2IN6. The normalized spacial score (nSPS) is 17.6. The molecule has 0 radical (unpaired) electrons. The number of rotatable bonds is 6. The van der Waals surface area contributed by atoms with Crippen molar-refractivity contribution in [3.8, 4) is 0 Å². The summed E-state index contributed by atoms with van der Waals surface area (Å²) >= 11 is 0. The van der Waals surface area contributed by atoms with Crippen molar-refractivity contribution >= 4 is 35.6 Å². The molecule has 1 aromatic carbocycles. The van der Waals surface area contributed by atoms with Gasteiger partial charge in [-0.25, -0.2) is 8.78 Å². The Labute approximate surface area is 194 Å². The van der Waals surface area contributed by atoms with E-state index < -0.39 is 11.6 Å². The van der Waals surface area contributed by atoms with Crippen molar-refractivity contribution in [2.75, 3.05) is 31.6 Å². The van der Waals surface area contributed by atoms with Crippen molar-refractivity contribution in [1.29, 1.82) is 0 Å². The summed E-state index contributed by atoms with van der Waals surface area (Å²) < 4.78 is 29.2. The standard InChI is InChI=1S/C21H30F2N6.HI/c1-14(12-29-16(3)9-15(2)27-29)11-25-21(24-4)26-18-7-8-28(13-18)20-6-5-17(22)10-19(20)23;/h5-6,9-10,14,18H,7-8,11-13H2,1-4H3,(H2,24,25,26);1H. The summed E-state index contributed by atoms with van der Waals surface area (Å²) in [4.78, 5) is 6.24. The van der Waals surface area contributed by atoms with E-state index in [1.807, 2.05) is 16.5 Å². The average molecular weight is 532 g/mol. The van der Waals surface area contributed by atoms with Crippen LogP contribution in [-0.2, 0) is 6.54 Å². The number of nitrogens with zero attached hydrogens (tertiary/aromatic N) is 4. The van der Waals surface area contributed by atoms with Crippen LogP contribution in [0.4, 0.5) is 14.5 Å². The number of aromatic nitrogens is 2. The highest BCUT2D eigenvalue weighted by Crippen LogP contribution is 2.24. The van der Waals surface area contributed by atoms with Crippen molar-refractivity contribution in [2.24, 2.45) is 10.9 Å². The second-order valence-electron chi connectivity index (χ2n) is 7.84. The first kappa shape index (κ1) is 24.4. The lowest BCUT2D eigenvalue weighted by molar-refractivity contribution is 0.435. The maximum atomic E-state index is 14.0. The third kappa shape index (κ3) is 6.29. The minimum atomic E-state index is -0.556. The highest BCUT2D eigenvalue weighted by Gasteiger charge is 2.25. The number of nitrogens with one attached hydrogen (secondary N) is 2. The Kier molecular flexibility index (Phi) is 8.87. The maximum Gasteiger partial charge on any atom is 0.191 e. The fourth-order valence-corrected chi connectivity index (χ4v) is 3.71. The Morgan fingerprint density at radius 1 is 1.30 bits per heavy atom. The van der Waals surface area contributed by atoms with E-state index in [0.717, 1.165) is 42.9 Å². The number of benzene rings is 1. The molecule has 0 amide bonds. The summed E-state index contributed by atoms with van der Waals surface area (Å²) in [6.45, 7) is 9.20. The number of aryl methyl sites for hydroxylation is 2.